The van der Waals surface area contributed by atoms with Gasteiger partial charge in [0.05, 0.1) is 0 Å². The third kappa shape index (κ3) is 1.75. The van der Waals surface area contributed by atoms with Crippen LogP contribution in [0.3, 0.4) is 0 Å². The van der Waals surface area contributed by atoms with Crippen LogP contribution in [-0.4, -0.2) is 14.7 Å². The molecule has 0 amide bonds. The zero-order valence-corrected chi connectivity index (χ0v) is 10.6. The summed E-state index contributed by atoms with van der Waals surface area (Å²) in [5.74, 6) is 0.806. The highest BCUT2D eigenvalue weighted by Crippen LogP contribution is 2.36. The number of hydrogen-bond donors (Lipinski definition) is 1. The van der Waals surface area contributed by atoms with Crippen molar-refractivity contribution >= 4 is 0 Å². The summed E-state index contributed by atoms with van der Waals surface area (Å²) >= 11 is 0. The molecule has 1 aromatic carbocycles. The molecular weight excluding hydrogens is 224 g/mol. The highest BCUT2D eigenvalue weighted by molar-refractivity contribution is 5.37. The van der Waals surface area contributed by atoms with Crippen LogP contribution in [0, 0.1) is 0 Å². The van der Waals surface area contributed by atoms with Gasteiger partial charge in [0.15, 0.2) is 0 Å². The van der Waals surface area contributed by atoms with E-state index in [1.165, 1.54) is 11.1 Å². The van der Waals surface area contributed by atoms with Crippen molar-refractivity contribution in [1.82, 2.24) is 9.55 Å². The Morgan fingerprint density at radius 3 is 2.56 bits per heavy atom. The molecule has 3 rings (SSSR count). The lowest BCUT2D eigenvalue weighted by Gasteiger charge is -2.22. The van der Waals surface area contributed by atoms with Crippen LogP contribution in [0.25, 0.3) is 0 Å². The van der Waals surface area contributed by atoms with Gasteiger partial charge in [-0.05, 0) is 17.5 Å². The van der Waals surface area contributed by atoms with E-state index < -0.39 is 5.60 Å². The number of aliphatic hydroxyl groups is 1. The van der Waals surface area contributed by atoms with Crippen molar-refractivity contribution in [2.45, 2.75) is 38.3 Å². The zero-order valence-electron chi connectivity index (χ0n) is 10.6. The molecule has 3 heteroatoms. The molecule has 0 unspecified atom stereocenters. The molecule has 2 aromatic rings. The van der Waals surface area contributed by atoms with E-state index in [-0.39, 0.29) is 0 Å². The van der Waals surface area contributed by atoms with Gasteiger partial charge >= 0.3 is 0 Å². The minimum absolute atomic E-state index is 0.671. The molecule has 1 aliphatic carbocycles. The summed E-state index contributed by atoms with van der Waals surface area (Å²) < 4.78 is 2.08. The lowest BCUT2D eigenvalue weighted by atomic mass is 9.99. The van der Waals surface area contributed by atoms with Crippen LogP contribution in [0.1, 0.15) is 30.3 Å². The molecule has 1 aromatic heterocycles. The molecule has 1 N–H and O–H groups in total. The van der Waals surface area contributed by atoms with Crippen molar-refractivity contribution < 1.29 is 5.11 Å². The standard InChI is InChI=1S/C15H18N2O/c1-2-8-17-9-7-16-14(17)15(18)10-12-5-3-4-6-13(12)11-15/h3-7,9,18H,2,8,10-11H2,1H3. The fraction of sp³-hybridized carbons (Fsp3) is 0.400. The van der Waals surface area contributed by atoms with Crippen LogP contribution in [0.2, 0.25) is 0 Å². The highest BCUT2D eigenvalue weighted by atomic mass is 16.3. The summed E-state index contributed by atoms with van der Waals surface area (Å²) in [6.07, 6.45) is 6.13. The number of aryl methyl sites for hydroxylation is 1. The molecule has 0 aliphatic heterocycles. The predicted octanol–water partition coefficient (Wildman–Crippen LogP) is 2.28. The van der Waals surface area contributed by atoms with Crippen LogP contribution < -0.4 is 0 Å². The second kappa shape index (κ2) is 4.25. The zero-order chi connectivity index (χ0) is 12.6. The number of rotatable bonds is 3. The third-order valence-electron chi connectivity index (χ3n) is 3.68. The van der Waals surface area contributed by atoms with Gasteiger partial charge in [-0.3, -0.25) is 0 Å². The molecule has 0 atom stereocenters. The van der Waals surface area contributed by atoms with E-state index in [4.69, 9.17) is 0 Å². The molecule has 0 saturated carbocycles. The predicted molar refractivity (Wildman–Crippen MR) is 70.3 cm³/mol. The topological polar surface area (TPSA) is 38.0 Å². The Hall–Kier alpha value is -1.61. The Labute approximate surface area is 107 Å². The number of benzene rings is 1. The van der Waals surface area contributed by atoms with Crippen LogP contribution in [0.4, 0.5) is 0 Å². The number of fused-ring (bicyclic) bond motifs is 1. The number of nitrogens with zero attached hydrogens (tertiary/aromatic N) is 2. The maximum atomic E-state index is 10.9. The minimum Gasteiger partial charge on any atom is -0.381 e. The summed E-state index contributed by atoms with van der Waals surface area (Å²) in [7, 11) is 0. The number of aromatic nitrogens is 2. The van der Waals surface area contributed by atoms with E-state index in [1.54, 1.807) is 6.20 Å². The van der Waals surface area contributed by atoms with Crippen LogP contribution >= 0.6 is 0 Å². The van der Waals surface area contributed by atoms with Gasteiger partial charge in [0.25, 0.3) is 0 Å². The Morgan fingerprint density at radius 1 is 1.28 bits per heavy atom. The summed E-state index contributed by atoms with van der Waals surface area (Å²) in [5.41, 5.74) is 1.65. The van der Waals surface area contributed by atoms with Gasteiger partial charge in [0.1, 0.15) is 11.4 Å². The lowest BCUT2D eigenvalue weighted by Crippen LogP contribution is -2.30. The number of hydrogen-bond acceptors (Lipinski definition) is 2. The summed E-state index contributed by atoms with van der Waals surface area (Å²) in [4.78, 5) is 4.38. The van der Waals surface area contributed by atoms with E-state index in [9.17, 15) is 5.11 Å². The maximum absolute atomic E-state index is 10.9. The van der Waals surface area contributed by atoms with E-state index in [0.29, 0.717) is 12.8 Å². The van der Waals surface area contributed by atoms with Crippen LogP contribution in [0.15, 0.2) is 36.7 Å². The van der Waals surface area contributed by atoms with E-state index in [2.05, 4.69) is 28.6 Å². The first-order chi connectivity index (χ1) is 8.73. The average molecular weight is 242 g/mol. The molecule has 0 radical (unpaired) electrons. The van der Waals surface area contributed by atoms with E-state index in [0.717, 1.165) is 18.8 Å². The normalized spacial score (nSPS) is 16.8. The second-order valence-electron chi connectivity index (χ2n) is 5.10. The molecule has 0 spiro atoms. The van der Waals surface area contributed by atoms with E-state index >= 15 is 0 Å². The SMILES string of the molecule is CCCn1ccnc1C1(O)Cc2ccccc2C1. The van der Waals surface area contributed by atoms with Crippen molar-refractivity contribution in [3.8, 4) is 0 Å². The van der Waals surface area contributed by atoms with Gasteiger partial charge in [0, 0.05) is 31.8 Å². The quantitative estimate of drug-likeness (QED) is 0.896. The first kappa shape index (κ1) is 11.5. The van der Waals surface area contributed by atoms with Gasteiger partial charge in [0.2, 0.25) is 0 Å². The van der Waals surface area contributed by atoms with Crippen LogP contribution in [0.5, 0.6) is 0 Å². The first-order valence-corrected chi connectivity index (χ1v) is 6.54. The smallest absolute Gasteiger partial charge is 0.141 e. The Bertz CT molecular complexity index is 534. The molecule has 18 heavy (non-hydrogen) atoms. The molecule has 0 saturated heterocycles. The van der Waals surface area contributed by atoms with Crippen molar-refractivity contribution in [2.24, 2.45) is 0 Å². The van der Waals surface area contributed by atoms with Crippen molar-refractivity contribution in [1.29, 1.82) is 0 Å². The Morgan fingerprint density at radius 2 is 1.94 bits per heavy atom. The summed E-state index contributed by atoms with van der Waals surface area (Å²) in [6, 6.07) is 8.26. The highest BCUT2D eigenvalue weighted by Gasteiger charge is 2.39. The second-order valence-corrected chi connectivity index (χ2v) is 5.10. The fourth-order valence-corrected chi connectivity index (χ4v) is 2.89. The van der Waals surface area contributed by atoms with Crippen LogP contribution in [-0.2, 0) is 25.0 Å². The minimum atomic E-state index is -0.831. The van der Waals surface area contributed by atoms with Gasteiger partial charge in [-0.1, -0.05) is 31.2 Å². The largest absolute Gasteiger partial charge is 0.381 e. The van der Waals surface area contributed by atoms with Gasteiger partial charge in [-0.15, -0.1) is 0 Å². The molecule has 1 aliphatic rings. The summed E-state index contributed by atoms with van der Waals surface area (Å²) in [6.45, 7) is 3.05. The van der Waals surface area contributed by atoms with Crippen molar-refractivity contribution in [2.75, 3.05) is 0 Å². The lowest BCUT2D eigenvalue weighted by molar-refractivity contribution is 0.0350. The van der Waals surface area contributed by atoms with Crippen molar-refractivity contribution in [3.63, 3.8) is 0 Å². The number of imidazole rings is 1. The molecule has 3 nitrogen and oxygen atoms in total. The fourth-order valence-electron chi connectivity index (χ4n) is 2.89. The monoisotopic (exact) mass is 242 g/mol. The van der Waals surface area contributed by atoms with Gasteiger partial charge < -0.3 is 9.67 Å². The maximum Gasteiger partial charge on any atom is 0.141 e. The third-order valence-corrected chi connectivity index (χ3v) is 3.68. The molecule has 1 heterocycles. The molecular formula is C15H18N2O. The molecule has 0 bridgehead atoms. The summed E-state index contributed by atoms with van der Waals surface area (Å²) in [5, 5.41) is 10.9. The molecule has 94 valence electrons. The average Bonchev–Trinajstić information content (AvgIpc) is 2.93. The first-order valence-electron chi connectivity index (χ1n) is 6.54. The Kier molecular flexibility index (Phi) is 2.71. The molecule has 0 fully saturated rings. The van der Waals surface area contributed by atoms with Gasteiger partial charge in [-0.2, -0.15) is 0 Å². The van der Waals surface area contributed by atoms with Gasteiger partial charge in [-0.25, -0.2) is 4.98 Å². The van der Waals surface area contributed by atoms with Crippen molar-refractivity contribution in [3.05, 3.63) is 53.6 Å². The Balaban J connectivity index is 1.96. The van der Waals surface area contributed by atoms with E-state index in [1.807, 2.05) is 18.3 Å².